The number of hydrogen-bond acceptors (Lipinski definition) is 5. The second-order valence-corrected chi connectivity index (χ2v) is 8.10. The number of carbonyl (C=O) groups excluding carboxylic acids is 1. The summed E-state index contributed by atoms with van der Waals surface area (Å²) in [6.45, 7) is 5.08. The summed E-state index contributed by atoms with van der Waals surface area (Å²) in [7, 11) is 3.52. The number of aliphatic imine (C=N–C) groups is 1. The summed E-state index contributed by atoms with van der Waals surface area (Å²) >= 11 is 0. The maximum absolute atomic E-state index is 12.0. The maximum atomic E-state index is 12.0. The van der Waals surface area contributed by atoms with E-state index in [1.807, 2.05) is 0 Å². The molecule has 160 valence electrons. The Morgan fingerprint density at radius 3 is 2.39 bits per heavy atom. The zero-order chi connectivity index (χ0) is 19.8. The molecular formula is C20H36N4O4. The van der Waals surface area contributed by atoms with E-state index in [-0.39, 0.29) is 30.8 Å². The first kappa shape index (κ1) is 21.3. The van der Waals surface area contributed by atoms with Gasteiger partial charge in [-0.2, -0.15) is 0 Å². The van der Waals surface area contributed by atoms with Crippen LogP contribution in [0.5, 0.6) is 0 Å². The van der Waals surface area contributed by atoms with Crippen LogP contribution in [0.4, 0.5) is 0 Å². The molecule has 0 aromatic carbocycles. The first-order valence-electron chi connectivity index (χ1n) is 10.7. The van der Waals surface area contributed by atoms with E-state index in [9.17, 15) is 4.79 Å². The molecule has 0 aliphatic carbocycles. The first-order valence-corrected chi connectivity index (χ1v) is 10.7. The summed E-state index contributed by atoms with van der Waals surface area (Å²) in [5.41, 5.74) is 0. The predicted octanol–water partition coefficient (Wildman–Crippen LogP) is 0.859. The number of likely N-dealkylation sites (tertiary alicyclic amines) is 1. The molecule has 0 spiro atoms. The van der Waals surface area contributed by atoms with Crippen molar-refractivity contribution < 1.29 is 19.0 Å². The van der Waals surface area contributed by atoms with Crippen LogP contribution in [-0.4, -0.2) is 100 Å². The highest BCUT2D eigenvalue weighted by atomic mass is 16.5. The number of ether oxygens (including phenoxy) is 3. The lowest BCUT2D eigenvalue weighted by Crippen LogP contribution is -2.49. The van der Waals surface area contributed by atoms with Gasteiger partial charge < -0.3 is 29.3 Å². The molecule has 1 N–H and O–H groups in total. The topological polar surface area (TPSA) is 75.6 Å². The molecule has 8 heteroatoms. The van der Waals surface area contributed by atoms with Crippen molar-refractivity contribution in [2.75, 3.05) is 60.1 Å². The number of hydrogen-bond donors (Lipinski definition) is 1. The smallest absolute Gasteiger partial charge is 0.243 e. The van der Waals surface area contributed by atoms with Crippen LogP contribution in [0.2, 0.25) is 0 Å². The standard InChI is InChI=1S/C20H36N4O4/c1-23(2)19(25)14-22-20(21-13-17-5-3-11-26-17)24-9-7-16(8-10-24)28-15-18-6-4-12-27-18/h16-18H,3-15H2,1-2H3,(H,21,22). The molecule has 2 atom stereocenters. The fraction of sp³-hybridized carbons (Fsp3) is 0.900. The Labute approximate surface area is 168 Å². The third kappa shape index (κ3) is 6.60. The molecule has 0 aromatic rings. The van der Waals surface area contributed by atoms with Gasteiger partial charge in [0, 0.05) is 46.9 Å². The molecule has 3 aliphatic heterocycles. The molecule has 2 unspecified atom stereocenters. The van der Waals surface area contributed by atoms with Crippen LogP contribution in [0.15, 0.2) is 4.99 Å². The van der Waals surface area contributed by atoms with E-state index in [2.05, 4.69) is 15.2 Å². The Bertz CT molecular complexity index is 508. The SMILES string of the molecule is CN(C)C(=O)CN=C(NCC1CCCO1)N1CCC(OCC2CCCO2)CC1. The summed E-state index contributed by atoms with van der Waals surface area (Å²) in [5, 5.41) is 3.44. The summed E-state index contributed by atoms with van der Waals surface area (Å²) < 4.78 is 17.4. The van der Waals surface area contributed by atoms with E-state index in [4.69, 9.17) is 14.2 Å². The average Bonchev–Trinajstić information content (AvgIpc) is 3.40. The molecule has 28 heavy (non-hydrogen) atoms. The van der Waals surface area contributed by atoms with Crippen molar-refractivity contribution in [2.45, 2.75) is 56.8 Å². The number of nitrogens with one attached hydrogen (secondary N) is 1. The van der Waals surface area contributed by atoms with Crippen LogP contribution < -0.4 is 5.32 Å². The van der Waals surface area contributed by atoms with Crippen molar-refractivity contribution in [1.82, 2.24) is 15.1 Å². The van der Waals surface area contributed by atoms with Gasteiger partial charge in [0.2, 0.25) is 5.91 Å². The second-order valence-electron chi connectivity index (χ2n) is 8.10. The van der Waals surface area contributed by atoms with E-state index in [0.29, 0.717) is 6.61 Å². The molecule has 0 aromatic heterocycles. The van der Waals surface area contributed by atoms with Gasteiger partial charge in [-0.3, -0.25) is 4.79 Å². The number of nitrogens with zero attached hydrogens (tertiary/aromatic N) is 3. The molecule has 8 nitrogen and oxygen atoms in total. The predicted molar refractivity (Wildman–Crippen MR) is 107 cm³/mol. The summed E-state index contributed by atoms with van der Waals surface area (Å²) in [4.78, 5) is 20.4. The molecule has 3 aliphatic rings. The first-order chi connectivity index (χ1) is 13.6. The zero-order valence-electron chi connectivity index (χ0n) is 17.4. The lowest BCUT2D eigenvalue weighted by Gasteiger charge is -2.35. The van der Waals surface area contributed by atoms with Gasteiger partial charge in [-0.25, -0.2) is 4.99 Å². The fourth-order valence-electron chi connectivity index (χ4n) is 3.82. The Morgan fingerprint density at radius 1 is 1.11 bits per heavy atom. The number of amides is 1. The van der Waals surface area contributed by atoms with Gasteiger partial charge in [-0.1, -0.05) is 0 Å². The quantitative estimate of drug-likeness (QED) is 0.508. The summed E-state index contributed by atoms with van der Waals surface area (Å²) in [5.74, 6) is 0.814. The zero-order valence-corrected chi connectivity index (χ0v) is 17.4. The highest BCUT2D eigenvalue weighted by Crippen LogP contribution is 2.18. The molecule has 1 amide bonds. The van der Waals surface area contributed by atoms with Crippen LogP contribution in [0.1, 0.15) is 38.5 Å². The van der Waals surface area contributed by atoms with Gasteiger partial charge in [-0.05, 0) is 38.5 Å². The van der Waals surface area contributed by atoms with Crippen LogP contribution in [0, 0.1) is 0 Å². The fourth-order valence-corrected chi connectivity index (χ4v) is 3.82. The highest BCUT2D eigenvalue weighted by molar-refractivity contribution is 5.84. The van der Waals surface area contributed by atoms with Crippen LogP contribution >= 0.6 is 0 Å². The van der Waals surface area contributed by atoms with E-state index >= 15 is 0 Å². The molecule has 3 fully saturated rings. The third-order valence-corrected chi connectivity index (χ3v) is 5.66. The molecule has 3 saturated heterocycles. The number of carbonyl (C=O) groups is 1. The van der Waals surface area contributed by atoms with Crippen LogP contribution in [-0.2, 0) is 19.0 Å². The van der Waals surface area contributed by atoms with Crippen molar-refractivity contribution in [1.29, 1.82) is 0 Å². The van der Waals surface area contributed by atoms with Gasteiger partial charge in [0.05, 0.1) is 24.9 Å². The minimum absolute atomic E-state index is 0.00574. The summed E-state index contributed by atoms with van der Waals surface area (Å²) in [6, 6.07) is 0. The lowest BCUT2D eigenvalue weighted by molar-refractivity contribution is -0.127. The highest BCUT2D eigenvalue weighted by Gasteiger charge is 2.25. The molecule has 3 heterocycles. The third-order valence-electron chi connectivity index (χ3n) is 5.66. The minimum Gasteiger partial charge on any atom is -0.376 e. The Morgan fingerprint density at radius 2 is 1.79 bits per heavy atom. The van der Waals surface area contributed by atoms with Gasteiger partial charge in [0.1, 0.15) is 6.54 Å². The van der Waals surface area contributed by atoms with Gasteiger partial charge >= 0.3 is 0 Å². The Hall–Kier alpha value is -1.38. The normalized spacial score (nSPS) is 26.6. The molecule has 0 radical (unpaired) electrons. The number of likely N-dealkylation sites (N-methyl/N-ethyl adjacent to an activating group) is 1. The van der Waals surface area contributed by atoms with Crippen molar-refractivity contribution >= 4 is 11.9 Å². The molecule has 3 rings (SSSR count). The number of guanidine groups is 1. The van der Waals surface area contributed by atoms with Crippen LogP contribution in [0.25, 0.3) is 0 Å². The van der Waals surface area contributed by atoms with Crippen molar-refractivity contribution in [3.05, 3.63) is 0 Å². The van der Waals surface area contributed by atoms with Crippen molar-refractivity contribution in [3.8, 4) is 0 Å². The average molecular weight is 397 g/mol. The minimum atomic E-state index is 0.00574. The molecule has 0 saturated carbocycles. The van der Waals surface area contributed by atoms with E-state index in [1.165, 1.54) is 0 Å². The van der Waals surface area contributed by atoms with Gasteiger partial charge in [0.25, 0.3) is 0 Å². The van der Waals surface area contributed by atoms with Crippen LogP contribution in [0.3, 0.4) is 0 Å². The maximum Gasteiger partial charge on any atom is 0.243 e. The van der Waals surface area contributed by atoms with Crippen molar-refractivity contribution in [2.24, 2.45) is 4.99 Å². The Kier molecular flexibility index (Phi) is 8.36. The second kappa shape index (κ2) is 11.0. The van der Waals surface area contributed by atoms with Gasteiger partial charge in [0.15, 0.2) is 5.96 Å². The van der Waals surface area contributed by atoms with Crippen molar-refractivity contribution in [3.63, 3.8) is 0 Å². The van der Waals surface area contributed by atoms with E-state index in [0.717, 1.165) is 77.3 Å². The lowest BCUT2D eigenvalue weighted by atomic mass is 10.1. The number of rotatable bonds is 7. The Balaban J connectivity index is 1.47. The molecular weight excluding hydrogens is 360 g/mol. The van der Waals surface area contributed by atoms with E-state index in [1.54, 1.807) is 19.0 Å². The van der Waals surface area contributed by atoms with E-state index < -0.39 is 0 Å². The summed E-state index contributed by atoms with van der Waals surface area (Å²) in [6.07, 6.45) is 7.19. The largest absolute Gasteiger partial charge is 0.376 e. The monoisotopic (exact) mass is 396 g/mol. The van der Waals surface area contributed by atoms with Gasteiger partial charge in [-0.15, -0.1) is 0 Å². The molecule has 0 bridgehead atoms. The number of piperidine rings is 1.